The summed E-state index contributed by atoms with van der Waals surface area (Å²) >= 11 is 0. The lowest BCUT2D eigenvalue weighted by molar-refractivity contribution is -0.462. The summed E-state index contributed by atoms with van der Waals surface area (Å²) in [6.07, 6.45) is 15.6. The summed E-state index contributed by atoms with van der Waals surface area (Å²) in [7, 11) is 0.325. The van der Waals surface area contributed by atoms with Gasteiger partial charge in [0.05, 0.1) is 0 Å². The normalized spacial score (nSPS) is 15.1. The minimum absolute atomic E-state index is 0. The maximum absolute atomic E-state index is 13.8. The Morgan fingerprint density at radius 1 is 0.778 bits per heavy atom. The standard InChI is InChI=1S/C27H22F2NO.BF3.FH/c1-30(2)25-12-9-19(10-13-25)11-14-26-17-22(20-5-3-7-23(28)15-20)18-27(31-26)21-6-4-8-24(29)16-21;2-1(3)4;/h3-18H,1-2H3;;1H/q+1;;/p-1. The topological polar surface area (TPSA) is 12.2 Å². The van der Waals surface area contributed by atoms with E-state index >= 15 is 0 Å². The van der Waals surface area contributed by atoms with Crippen LogP contribution in [0.3, 0.4) is 0 Å². The maximum atomic E-state index is 13.8. The Hall–Kier alpha value is -4.01. The summed E-state index contributed by atoms with van der Waals surface area (Å²) in [5, 5.41) is 0. The summed E-state index contributed by atoms with van der Waals surface area (Å²) < 4.78 is 64.7. The van der Waals surface area contributed by atoms with Crippen LogP contribution in [0.5, 0.6) is 0 Å². The van der Waals surface area contributed by atoms with Crippen LogP contribution in [0.15, 0.2) is 108 Å². The molecule has 0 bridgehead atoms. The molecule has 1 aliphatic carbocycles. The molecule has 2 aromatic rings. The van der Waals surface area contributed by atoms with Crippen LogP contribution in [0.4, 0.5) is 21.7 Å². The van der Waals surface area contributed by atoms with Gasteiger partial charge in [0, 0.05) is 17.7 Å². The monoisotopic (exact) mass is 501 g/mol. The van der Waals surface area contributed by atoms with Crippen molar-refractivity contribution in [3.8, 4) is 0 Å². The van der Waals surface area contributed by atoms with Crippen LogP contribution in [0, 0.1) is 11.6 Å². The lowest BCUT2D eigenvalue weighted by Crippen LogP contribution is -3.00. The third-order valence-corrected chi connectivity index (χ3v) is 4.93. The number of nitrogens with zero attached hydrogens (tertiary/aromatic N) is 1. The Balaban J connectivity index is 0.000000850. The first kappa shape index (κ1) is 28.2. The Labute approximate surface area is 206 Å². The van der Waals surface area contributed by atoms with Gasteiger partial charge in [0.2, 0.25) is 0 Å². The highest BCUT2D eigenvalue weighted by atomic mass is 19.4. The van der Waals surface area contributed by atoms with Crippen LogP contribution >= 0.6 is 0 Å². The van der Waals surface area contributed by atoms with E-state index < -0.39 is 7.54 Å². The maximum Gasteiger partial charge on any atom is 0.762 e. The molecule has 1 heterocycles. The van der Waals surface area contributed by atoms with Gasteiger partial charge in [-0.3, -0.25) is 12.9 Å². The quantitative estimate of drug-likeness (QED) is 0.353. The van der Waals surface area contributed by atoms with Crippen molar-refractivity contribution in [2.24, 2.45) is 0 Å². The Bertz CT molecular complexity index is 1280. The molecular formula is C27H22BF6NO. The van der Waals surface area contributed by atoms with E-state index in [1.165, 1.54) is 24.3 Å². The molecule has 9 heteroatoms. The summed E-state index contributed by atoms with van der Waals surface area (Å²) in [5.41, 5.74) is 4.25. The van der Waals surface area contributed by atoms with Crippen LogP contribution in [-0.4, -0.2) is 31.9 Å². The molecule has 186 valence electrons. The molecule has 0 saturated carbocycles. The number of rotatable bonds is 3. The number of hydrogen-bond acceptors (Lipinski definition) is 1. The predicted molar refractivity (Wildman–Crippen MR) is 130 cm³/mol. The van der Waals surface area contributed by atoms with Gasteiger partial charge >= 0.3 is 7.54 Å². The van der Waals surface area contributed by atoms with Crippen molar-refractivity contribution in [3.05, 3.63) is 131 Å². The minimum atomic E-state index is -3.67. The molecule has 4 rings (SSSR count). The highest BCUT2D eigenvalue weighted by molar-refractivity contribution is 6.33. The fraction of sp³-hybridized carbons (Fsp3) is 0.0741. The van der Waals surface area contributed by atoms with Gasteiger partial charge in [-0.2, -0.15) is 0 Å². The predicted octanol–water partition coefficient (Wildman–Crippen LogP) is 3.95. The van der Waals surface area contributed by atoms with Crippen LogP contribution < -0.4 is 4.70 Å². The number of halogens is 6. The van der Waals surface area contributed by atoms with Gasteiger partial charge in [-0.15, -0.1) is 0 Å². The van der Waals surface area contributed by atoms with Gasteiger partial charge in [-0.05, 0) is 71.4 Å². The summed E-state index contributed by atoms with van der Waals surface area (Å²) in [4.78, 5) is 0. The molecule has 2 aromatic carbocycles. The number of benzene rings is 2. The minimum Gasteiger partial charge on any atom is -1.00 e. The molecule has 0 spiro atoms. The van der Waals surface area contributed by atoms with Crippen molar-refractivity contribution in [3.63, 3.8) is 0 Å². The molecule has 0 saturated heterocycles. The number of ether oxygens (including phenoxy) is 1. The molecule has 36 heavy (non-hydrogen) atoms. The Morgan fingerprint density at radius 2 is 1.33 bits per heavy atom. The molecule has 0 N–H and O–H groups in total. The summed E-state index contributed by atoms with van der Waals surface area (Å²) in [6.45, 7) is 0. The fourth-order valence-corrected chi connectivity index (χ4v) is 3.28. The van der Waals surface area contributed by atoms with Crippen molar-refractivity contribution >= 4 is 24.6 Å². The van der Waals surface area contributed by atoms with Crippen LogP contribution in [0.2, 0.25) is 0 Å². The lowest BCUT2D eigenvalue weighted by atomic mass is 10.00. The molecule has 0 atom stereocenters. The SMILES string of the molecule is C[N+](C)=C1C=CC(=CC=C2C=C(c3cccc(F)c3)C=C(c3cccc(F)c3)O2)C=C1.FB(F)F.[F-]. The first-order valence-electron chi connectivity index (χ1n) is 10.6. The van der Waals surface area contributed by atoms with Gasteiger partial charge in [-0.25, -0.2) is 13.4 Å². The van der Waals surface area contributed by atoms with Crippen molar-refractivity contribution in [1.29, 1.82) is 0 Å². The highest BCUT2D eigenvalue weighted by Gasteiger charge is 2.15. The van der Waals surface area contributed by atoms with Gasteiger partial charge in [0.1, 0.15) is 37.2 Å². The van der Waals surface area contributed by atoms with E-state index in [2.05, 4.69) is 0 Å². The first-order valence-corrected chi connectivity index (χ1v) is 10.6. The molecule has 0 amide bonds. The van der Waals surface area contributed by atoms with E-state index in [1.807, 2.05) is 67.3 Å². The van der Waals surface area contributed by atoms with E-state index in [0.29, 0.717) is 17.1 Å². The van der Waals surface area contributed by atoms with Crippen LogP contribution in [0.1, 0.15) is 11.1 Å². The van der Waals surface area contributed by atoms with E-state index in [1.54, 1.807) is 24.3 Å². The van der Waals surface area contributed by atoms with Crippen LogP contribution in [-0.2, 0) is 4.74 Å². The molecule has 1 aliphatic heterocycles. The molecule has 0 unspecified atom stereocenters. The second-order valence-electron chi connectivity index (χ2n) is 7.70. The number of hydrogen-bond donors (Lipinski definition) is 0. The van der Waals surface area contributed by atoms with Crippen molar-refractivity contribution < 1.29 is 35.7 Å². The largest absolute Gasteiger partial charge is 1.00 e. The Morgan fingerprint density at radius 3 is 1.89 bits per heavy atom. The zero-order chi connectivity index (χ0) is 25.4. The van der Waals surface area contributed by atoms with Gasteiger partial charge in [0.25, 0.3) is 0 Å². The third-order valence-electron chi connectivity index (χ3n) is 4.93. The molecular weight excluding hydrogens is 479 g/mol. The van der Waals surface area contributed by atoms with Crippen molar-refractivity contribution in [2.75, 3.05) is 14.1 Å². The molecule has 2 nitrogen and oxygen atoms in total. The van der Waals surface area contributed by atoms with Crippen molar-refractivity contribution in [1.82, 2.24) is 0 Å². The molecule has 0 fully saturated rings. The summed E-state index contributed by atoms with van der Waals surface area (Å²) in [5.74, 6) is 0.423. The van der Waals surface area contributed by atoms with E-state index in [0.717, 1.165) is 22.4 Å². The average molecular weight is 501 g/mol. The van der Waals surface area contributed by atoms with Gasteiger partial charge in [-0.1, -0.05) is 30.3 Å². The van der Waals surface area contributed by atoms with Crippen LogP contribution in [0.25, 0.3) is 11.3 Å². The zero-order valence-electron chi connectivity index (χ0n) is 19.4. The third kappa shape index (κ3) is 8.34. The van der Waals surface area contributed by atoms with Gasteiger partial charge < -0.3 is 9.44 Å². The zero-order valence-corrected chi connectivity index (χ0v) is 19.4. The second kappa shape index (κ2) is 13.2. The first-order chi connectivity index (χ1) is 16.7. The number of allylic oxidation sites excluding steroid dienone is 10. The van der Waals surface area contributed by atoms with Crippen molar-refractivity contribution in [2.45, 2.75) is 0 Å². The molecule has 0 radical (unpaired) electrons. The molecule has 2 aliphatic rings. The Kier molecular flexibility index (Phi) is 10.3. The van der Waals surface area contributed by atoms with E-state index in [4.69, 9.17) is 4.74 Å². The van der Waals surface area contributed by atoms with Gasteiger partial charge in [0.15, 0.2) is 5.71 Å². The van der Waals surface area contributed by atoms with E-state index in [-0.39, 0.29) is 16.3 Å². The van der Waals surface area contributed by atoms with E-state index in [9.17, 15) is 21.7 Å². The lowest BCUT2D eigenvalue weighted by Gasteiger charge is -2.18. The molecule has 0 aromatic heterocycles. The fourth-order valence-electron chi connectivity index (χ4n) is 3.28. The second-order valence-corrected chi connectivity index (χ2v) is 7.70. The average Bonchev–Trinajstić information content (AvgIpc) is 2.82. The highest BCUT2D eigenvalue weighted by Crippen LogP contribution is 2.32. The smallest absolute Gasteiger partial charge is 0.762 e. The summed E-state index contributed by atoms with van der Waals surface area (Å²) in [6, 6.07) is 12.6.